The molecule has 1 aliphatic rings. The summed E-state index contributed by atoms with van der Waals surface area (Å²) in [5, 5.41) is 11.3. The highest BCUT2D eigenvalue weighted by Crippen LogP contribution is 2.44. The molecule has 0 radical (unpaired) electrons. The monoisotopic (exact) mass is 394 g/mol. The van der Waals surface area contributed by atoms with Gasteiger partial charge in [0.2, 0.25) is 0 Å². The van der Waals surface area contributed by atoms with Crippen molar-refractivity contribution in [1.82, 2.24) is 4.98 Å². The van der Waals surface area contributed by atoms with E-state index in [1.165, 1.54) is 16.2 Å². The quantitative estimate of drug-likeness (QED) is 0.407. The van der Waals surface area contributed by atoms with Crippen LogP contribution in [0.15, 0.2) is 52.5 Å². The summed E-state index contributed by atoms with van der Waals surface area (Å²) in [7, 11) is 0. The number of Topliss-reactive ketones (excluding diaryl/α,β-unsaturated/α-hetero) is 1. The molecule has 0 saturated carbocycles. The second-order valence-corrected chi connectivity index (χ2v) is 7.80. The van der Waals surface area contributed by atoms with E-state index in [2.05, 4.69) is 4.98 Å². The number of aromatic nitrogens is 1. The van der Waals surface area contributed by atoms with Crippen molar-refractivity contribution in [1.29, 1.82) is 0 Å². The minimum atomic E-state index is -0.876. The highest BCUT2D eigenvalue weighted by atomic mass is 32.1. The maximum Gasteiger partial charge on any atom is 0.302 e. The molecule has 1 amide bonds. The average Bonchev–Trinajstić information content (AvgIpc) is 3.33. The Hall–Kier alpha value is -3.19. The third-order valence-electron chi connectivity index (χ3n) is 4.75. The van der Waals surface area contributed by atoms with Crippen molar-refractivity contribution < 1.29 is 19.1 Å². The molecular formula is C21H18N2O4S. The van der Waals surface area contributed by atoms with E-state index in [1.807, 2.05) is 19.9 Å². The second kappa shape index (κ2) is 6.76. The molecule has 142 valence electrons. The Kier molecular flexibility index (Phi) is 4.39. The SMILES string of the molecule is Cc1ccc(C2/C(=C(\O)c3ccccc3)C(=O)C(=O)N2c2nc(C)c(C)s2)o1. The number of anilines is 1. The molecule has 4 rings (SSSR count). The molecule has 0 bridgehead atoms. The third kappa shape index (κ3) is 2.84. The predicted molar refractivity (Wildman–Crippen MR) is 106 cm³/mol. The Balaban J connectivity index is 1.95. The van der Waals surface area contributed by atoms with Crippen LogP contribution in [0.3, 0.4) is 0 Å². The number of aliphatic hydroxyl groups is 1. The molecule has 3 heterocycles. The number of thiazole rings is 1. The standard InChI is InChI=1S/C21H18N2O4S/c1-11-9-10-15(27-11)17-16(18(24)14-7-5-4-6-8-14)19(25)20(26)23(17)21-22-12(2)13(3)28-21/h4-10,17,24H,1-3H3/b18-16+. The van der Waals surface area contributed by atoms with E-state index in [0.717, 1.165) is 10.6 Å². The number of amides is 1. The van der Waals surface area contributed by atoms with Crippen LogP contribution in [0.2, 0.25) is 0 Å². The number of hydrogen-bond acceptors (Lipinski definition) is 6. The van der Waals surface area contributed by atoms with Crippen molar-refractivity contribution in [3.63, 3.8) is 0 Å². The number of aliphatic hydroxyl groups excluding tert-OH is 1. The Morgan fingerprint density at radius 2 is 1.82 bits per heavy atom. The van der Waals surface area contributed by atoms with Gasteiger partial charge in [0.25, 0.3) is 5.78 Å². The third-order valence-corrected chi connectivity index (χ3v) is 5.82. The Morgan fingerprint density at radius 3 is 2.39 bits per heavy atom. The first-order valence-corrected chi connectivity index (χ1v) is 9.57. The lowest BCUT2D eigenvalue weighted by Crippen LogP contribution is -2.29. The van der Waals surface area contributed by atoms with Gasteiger partial charge >= 0.3 is 5.91 Å². The van der Waals surface area contributed by atoms with E-state index in [-0.39, 0.29) is 11.3 Å². The van der Waals surface area contributed by atoms with Crippen LogP contribution in [0.25, 0.3) is 5.76 Å². The smallest absolute Gasteiger partial charge is 0.302 e. The molecule has 1 N–H and O–H groups in total. The van der Waals surface area contributed by atoms with Gasteiger partial charge in [-0.1, -0.05) is 30.3 Å². The van der Waals surface area contributed by atoms with Gasteiger partial charge in [-0.2, -0.15) is 0 Å². The van der Waals surface area contributed by atoms with Gasteiger partial charge in [-0.25, -0.2) is 4.98 Å². The largest absolute Gasteiger partial charge is 0.507 e. The zero-order chi connectivity index (χ0) is 20.0. The van der Waals surface area contributed by atoms with Crippen LogP contribution in [0.5, 0.6) is 0 Å². The lowest BCUT2D eigenvalue weighted by atomic mass is 9.99. The highest BCUT2D eigenvalue weighted by molar-refractivity contribution is 7.16. The van der Waals surface area contributed by atoms with Gasteiger partial charge in [0.1, 0.15) is 23.3 Å². The highest BCUT2D eigenvalue weighted by Gasteiger charge is 2.49. The van der Waals surface area contributed by atoms with Crippen molar-refractivity contribution in [2.75, 3.05) is 4.90 Å². The van der Waals surface area contributed by atoms with E-state index in [0.29, 0.717) is 22.2 Å². The number of furan rings is 1. The minimum absolute atomic E-state index is 0.00365. The fourth-order valence-electron chi connectivity index (χ4n) is 3.21. The topological polar surface area (TPSA) is 83.6 Å². The van der Waals surface area contributed by atoms with Crippen molar-refractivity contribution in [3.05, 3.63) is 75.7 Å². The molecule has 28 heavy (non-hydrogen) atoms. The summed E-state index contributed by atoms with van der Waals surface area (Å²) in [5.74, 6) is -0.673. The maximum absolute atomic E-state index is 12.9. The van der Waals surface area contributed by atoms with Crippen LogP contribution in [-0.2, 0) is 9.59 Å². The zero-order valence-corrected chi connectivity index (χ0v) is 16.4. The summed E-state index contributed by atoms with van der Waals surface area (Å²) in [4.78, 5) is 32.6. The van der Waals surface area contributed by atoms with Gasteiger partial charge in [-0.05, 0) is 32.9 Å². The lowest BCUT2D eigenvalue weighted by molar-refractivity contribution is -0.132. The Morgan fingerprint density at radius 1 is 1.11 bits per heavy atom. The molecule has 2 aromatic heterocycles. The first-order chi connectivity index (χ1) is 13.4. The van der Waals surface area contributed by atoms with Gasteiger partial charge < -0.3 is 9.52 Å². The molecule has 1 atom stereocenters. The van der Waals surface area contributed by atoms with Crippen molar-refractivity contribution in [2.24, 2.45) is 0 Å². The van der Waals surface area contributed by atoms with Crippen molar-refractivity contribution in [2.45, 2.75) is 26.8 Å². The number of rotatable bonds is 3. The molecule has 1 unspecified atom stereocenters. The molecule has 6 nitrogen and oxygen atoms in total. The average molecular weight is 394 g/mol. The summed E-state index contributed by atoms with van der Waals surface area (Å²) in [5.41, 5.74) is 1.25. The molecule has 3 aromatic rings. The number of benzene rings is 1. The van der Waals surface area contributed by atoms with E-state index in [4.69, 9.17) is 4.42 Å². The summed E-state index contributed by atoms with van der Waals surface area (Å²) < 4.78 is 5.75. The second-order valence-electron chi connectivity index (χ2n) is 6.62. The van der Waals surface area contributed by atoms with E-state index >= 15 is 0 Å². The summed E-state index contributed by atoms with van der Waals surface area (Å²) in [6.45, 7) is 5.54. The fourth-order valence-corrected chi connectivity index (χ4v) is 4.15. The van der Waals surface area contributed by atoms with Gasteiger partial charge in [-0.3, -0.25) is 14.5 Å². The van der Waals surface area contributed by atoms with Crippen molar-refractivity contribution in [3.8, 4) is 0 Å². The van der Waals surface area contributed by atoms with Crippen LogP contribution in [0.1, 0.15) is 33.7 Å². The normalized spacial score (nSPS) is 18.8. The summed E-state index contributed by atoms with van der Waals surface area (Å²) in [6.07, 6.45) is 0. The van der Waals surface area contributed by atoms with Gasteiger partial charge in [0.15, 0.2) is 5.13 Å². The van der Waals surface area contributed by atoms with E-state index in [1.54, 1.807) is 43.3 Å². The maximum atomic E-state index is 12.9. The predicted octanol–water partition coefficient (Wildman–Crippen LogP) is 4.29. The van der Waals surface area contributed by atoms with Crippen LogP contribution in [0.4, 0.5) is 5.13 Å². The zero-order valence-electron chi connectivity index (χ0n) is 15.6. The minimum Gasteiger partial charge on any atom is -0.507 e. The first-order valence-electron chi connectivity index (χ1n) is 8.75. The molecule has 1 saturated heterocycles. The number of carbonyl (C=O) groups is 2. The number of hydrogen-bond donors (Lipinski definition) is 1. The van der Waals surface area contributed by atoms with Gasteiger partial charge in [-0.15, -0.1) is 11.3 Å². The molecule has 0 aliphatic carbocycles. The molecule has 1 aromatic carbocycles. The molecule has 1 aliphatic heterocycles. The van der Waals surface area contributed by atoms with E-state index in [9.17, 15) is 14.7 Å². The summed E-state index contributed by atoms with van der Waals surface area (Å²) in [6, 6.07) is 11.3. The Bertz CT molecular complexity index is 1090. The number of ketones is 1. The Labute approximate surface area is 165 Å². The van der Waals surface area contributed by atoms with Crippen LogP contribution < -0.4 is 4.90 Å². The van der Waals surface area contributed by atoms with Crippen LogP contribution >= 0.6 is 11.3 Å². The fraction of sp³-hybridized carbons (Fsp3) is 0.190. The van der Waals surface area contributed by atoms with Crippen LogP contribution in [0, 0.1) is 20.8 Å². The van der Waals surface area contributed by atoms with Gasteiger partial charge in [0, 0.05) is 10.4 Å². The van der Waals surface area contributed by atoms with Gasteiger partial charge in [0.05, 0.1) is 11.3 Å². The van der Waals surface area contributed by atoms with Crippen molar-refractivity contribution >= 4 is 33.9 Å². The lowest BCUT2D eigenvalue weighted by Gasteiger charge is -2.20. The van der Waals surface area contributed by atoms with Crippen LogP contribution in [-0.4, -0.2) is 21.8 Å². The first kappa shape index (κ1) is 18.2. The number of nitrogens with zero attached hydrogens (tertiary/aromatic N) is 2. The number of carbonyl (C=O) groups excluding carboxylic acids is 2. The summed E-state index contributed by atoms with van der Waals surface area (Å²) >= 11 is 1.33. The molecule has 7 heteroatoms. The van der Waals surface area contributed by atoms with E-state index < -0.39 is 17.7 Å². The molecule has 1 fully saturated rings. The molecule has 0 spiro atoms. The molecular weight excluding hydrogens is 376 g/mol. The number of aryl methyl sites for hydroxylation is 3.